The first-order valence-electron chi connectivity index (χ1n) is 11.8. The van der Waals surface area contributed by atoms with Crippen LogP contribution in [0.15, 0.2) is 24.4 Å². The average molecular weight is 494 g/mol. The van der Waals surface area contributed by atoms with Crippen molar-refractivity contribution in [1.29, 1.82) is 0 Å². The molecule has 3 rings (SSSR count). The summed E-state index contributed by atoms with van der Waals surface area (Å²) in [6, 6.07) is 5.48. The lowest BCUT2D eigenvalue weighted by Gasteiger charge is -2.38. The molecule has 3 atom stereocenters. The Balaban J connectivity index is 1.66. The van der Waals surface area contributed by atoms with E-state index in [0.717, 1.165) is 66.9 Å². The number of piperidine rings is 1. The standard InChI is InChI=1S/C25H36ClN3O3S/c1-3-11-33-12-10-29-9-8-17(18(16-29)13-24(30)31)4-6-22(27)25-20-14-19(32-2)5-7-23(20)28-15-21(25)26/h5,7,14-15,17-18,22H,3-4,6,8-13,16,27H2,1-2H3,(H,30,31)/t17-,18+,22+/m1/s1. The van der Waals surface area contributed by atoms with Gasteiger partial charge in [0.25, 0.3) is 0 Å². The molecular formula is C25H36ClN3O3S. The van der Waals surface area contributed by atoms with E-state index in [1.165, 1.54) is 12.2 Å². The van der Waals surface area contributed by atoms with Crippen LogP contribution in [0.3, 0.4) is 0 Å². The molecule has 182 valence electrons. The number of likely N-dealkylation sites (tertiary alicyclic amines) is 1. The molecule has 0 saturated carbocycles. The molecule has 0 spiro atoms. The van der Waals surface area contributed by atoms with Gasteiger partial charge in [-0.3, -0.25) is 9.78 Å². The number of aliphatic carboxylic acids is 1. The molecular weight excluding hydrogens is 458 g/mol. The molecule has 6 nitrogen and oxygen atoms in total. The zero-order chi connectivity index (χ0) is 23.8. The van der Waals surface area contributed by atoms with Crippen LogP contribution in [0, 0.1) is 11.8 Å². The quantitative estimate of drug-likeness (QED) is 0.391. The number of nitrogens with zero attached hydrogens (tertiary/aromatic N) is 2. The SMILES string of the molecule is CCCSCCN1CC[C@@H](CC[C@H](N)c2c(Cl)cnc3ccc(OC)cc23)[C@@H](CC(=O)O)C1. The Morgan fingerprint density at radius 1 is 1.39 bits per heavy atom. The number of carboxylic acid groups (broad SMARTS) is 1. The fraction of sp³-hybridized carbons (Fsp3) is 0.600. The Hall–Kier alpha value is -1.54. The molecule has 8 heteroatoms. The lowest BCUT2D eigenvalue weighted by atomic mass is 9.79. The van der Waals surface area contributed by atoms with Gasteiger partial charge in [0.1, 0.15) is 5.75 Å². The summed E-state index contributed by atoms with van der Waals surface area (Å²) in [6.07, 6.45) is 5.73. The summed E-state index contributed by atoms with van der Waals surface area (Å²) in [7, 11) is 1.64. The van der Waals surface area contributed by atoms with Crippen molar-refractivity contribution in [3.8, 4) is 5.75 Å². The van der Waals surface area contributed by atoms with Crippen LogP contribution in [0.4, 0.5) is 0 Å². The van der Waals surface area contributed by atoms with Crippen LogP contribution in [0.5, 0.6) is 5.75 Å². The summed E-state index contributed by atoms with van der Waals surface area (Å²) in [5.74, 6) is 2.83. The third-order valence-corrected chi connectivity index (χ3v) is 8.07. The molecule has 33 heavy (non-hydrogen) atoms. The minimum absolute atomic E-state index is 0.157. The van der Waals surface area contributed by atoms with Gasteiger partial charge in [-0.05, 0) is 73.6 Å². The van der Waals surface area contributed by atoms with Crippen LogP contribution in [-0.2, 0) is 4.79 Å². The molecule has 1 aromatic heterocycles. The molecule has 1 aliphatic heterocycles. The Morgan fingerprint density at radius 2 is 2.21 bits per heavy atom. The number of methoxy groups -OCH3 is 1. The van der Waals surface area contributed by atoms with Gasteiger partial charge in [0.05, 0.1) is 17.6 Å². The smallest absolute Gasteiger partial charge is 0.303 e. The van der Waals surface area contributed by atoms with Crippen molar-refractivity contribution in [2.45, 2.75) is 45.1 Å². The van der Waals surface area contributed by atoms with E-state index in [0.29, 0.717) is 10.9 Å². The van der Waals surface area contributed by atoms with Crippen molar-refractivity contribution in [1.82, 2.24) is 9.88 Å². The van der Waals surface area contributed by atoms with E-state index in [1.54, 1.807) is 13.3 Å². The van der Waals surface area contributed by atoms with E-state index in [9.17, 15) is 9.90 Å². The van der Waals surface area contributed by atoms with E-state index in [4.69, 9.17) is 22.1 Å². The molecule has 2 aromatic rings. The minimum atomic E-state index is -0.716. The normalized spacial score (nSPS) is 20.1. The topological polar surface area (TPSA) is 88.7 Å². The van der Waals surface area contributed by atoms with Crippen molar-refractivity contribution in [2.24, 2.45) is 17.6 Å². The molecule has 1 fully saturated rings. The highest BCUT2D eigenvalue weighted by atomic mass is 35.5. The Kier molecular flexibility index (Phi) is 10.1. The predicted molar refractivity (Wildman–Crippen MR) is 137 cm³/mol. The van der Waals surface area contributed by atoms with Crippen LogP contribution < -0.4 is 10.5 Å². The number of benzene rings is 1. The van der Waals surface area contributed by atoms with Gasteiger partial charge >= 0.3 is 5.97 Å². The maximum Gasteiger partial charge on any atom is 0.303 e. The molecule has 1 aliphatic rings. The van der Waals surface area contributed by atoms with E-state index in [1.807, 2.05) is 30.0 Å². The minimum Gasteiger partial charge on any atom is -0.497 e. The van der Waals surface area contributed by atoms with Crippen LogP contribution in [0.25, 0.3) is 10.9 Å². The highest BCUT2D eigenvalue weighted by molar-refractivity contribution is 7.99. The number of hydrogen-bond acceptors (Lipinski definition) is 6. The number of halogens is 1. The second-order valence-electron chi connectivity index (χ2n) is 8.91. The summed E-state index contributed by atoms with van der Waals surface area (Å²) < 4.78 is 5.38. The number of fused-ring (bicyclic) bond motifs is 1. The fourth-order valence-electron chi connectivity index (χ4n) is 4.84. The zero-order valence-electron chi connectivity index (χ0n) is 19.6. The van der Waals surface area contributed by atoms with Crippen molar-refractivity contribution < 1.29 is 14.6 Å². The van der Waals surface area contributed by atoms with E-state index < -0.39 is 5.97 Å². The molecule has 0 radical (unpaired) electrons. The number of pyridine rings is 1. The summed E-state index contributed by atoms with van der Waals surface area (Å²) in [5, 5.41) is 11.0. The summed E-state index contributed by atoms with van der Waals surface area (Å²) in [6.45, 7) is 5.12. The van der Waals surface area contributed by atoms with Crippen LogP contribution in [-0.4, -0.2) is 59.2 Å². The third-order valence-electron chi connectivity index (χ3n) is 6.60. The van der Waals surface area contributed by atoms with Crippen LogP contribution in [0.1, 0.15) is 50.6 Å². The number of nitrogens with two attached hydrogens (primary N) is 1. The lowest BCUT2D eigenvalue weighted by molar-refractivity contribution is -0.139. The lowest BCUT2D eigenvalue weighted by Crippen LogP contribution is -2.42. The first-order valence-corrected chi connectivity index (χ1v) is 13.4. The van der Waals surface area contributed by atoms with Crippen LogP contribution in [0.2, 0.25) is 5.02 Å². The predicted octanol–water partition coefficient (Wildman–Crippen LogP) is 5.23. The van der Waals surface area contributed by atoms with Gasteiger partial charge in [0.2, 0.25) is 0 Å². The number of rotatable bonds is 12. The van der Waals surface area contributed by atoms with E-state index in [2.05, 4.69) is 16.8 Å². The van der Waals surface area contributed by atoms with Crippen molar-refractivity contribution in [3.05, 3.63) is 35.0 Å². The van der Waals surface area contributed by atoms with Gasteiger partial charge < -0.3 is 20.5 Å². The fourth-order valence-corrected chi connectivity index (χ4v) is 6.02. The summed E-state index contributed by atoms with van der Waals surface area (Å²) >= 11 is 8.51. The van der Waals surface area contributed by atoms with E-state index >= 15 is 0 Å². The van der Waals surface area contributed by atoms with Gasteiger partial charge in [0.15, 0.2) is 0 Å². The van der Waals surface area contributed by atoms with Gasteiger partial charge in [-0.15, -0.1) is 0 Å². The molecule has 0 bridgehead atoms. The summed E-state index contributed by atoms with van der Waals surface area (Å²) in [4.78, 5) is 18.4. The molecule has 0 unspecified atom stereocenters. The first-order chi connectivity index (χ1) is 15.9. The molecule has 1 saturated heterocycles. The van der Waals surface area contributed by atoms with E-state index in [-0.39, 0.29) is 18.4 Å². The van der Waals surface area contributed by atoms with Crippen molar-refractivity contribution in [3.63, 3.8) is 0 Å². The first kappa shape index (κ1) is 26.1. The average Bonchev–Trinajstić information content (AvgIpc) is 2.80. The van der Waals surface area contributed by atoms with Gasteiger partial charge in [-0.1, -0.05) is 18.5 Å². The summed E-state index contributed by atoms with van der Waals surface area (Å²) in [5.41, 5.74) is 8.38. The van der Waals surface area contributed by atoms with Gasteiger partial charge in [-0.25, -0.2) is 0 Å². The number of thioether (sulfide) groups is 1. The maximum atomic E-state index is 11.5. The second kappa shape index (κ2) is 12.8. The number of carbonyl (C=O) groups is 1. The zero-order valence-corrected chi connectivity index (χ0v) is 21.2. The molecule has 1 aromatic carbocycles. The maximum absolute atomic E-state index is 11.5. The Labute approximate surface area is 206 Å². The largest absolute Gasteiger partial charge is 0.497 e. The Bertz CT molecular complexity index is 929. The number of ether oxygens (including phenoxy) is 1. The molecule has 0 amide bonds. The second-order valence-corrected chi connectivity index (χ2v) is 10.5. The molecule has 2 heterocycles. The number of aromatic nitrogens is 1. The number of carboxylic acids is 1. The third kappa shape index (κ3) is 7.22. The monoisotopic (exact) mass is 493 g/mol. The molecule has 0 aliphatic carbocycles. The van der Waals surface area contributed by atoms with Crippen molar-refractivity contribution in [2.75, 3.05) is 38.2 Å². The van der Waals surface area contributed by atoms with Crippen molar-refractivity contribution >= 4 is 40.2 Å². The highest BCUT2D eigenvalue weighted by Gasteiger charge is 2.31. The highest BCUT2D eigenvalue weighted by Crippen LogP contribution is 2.36. The Morgan fingerprint density at radius 3 is 2.94 bits per heavy atom. The van der Waals surface area contributed by atoms with Crippen LogP contribution >= 0.6 is 23.4 Å². The van der Waals surface area contributed by atoms with Gasteiger partial charge in [-0.2, -0.15) is 11.8 Å². The molecule has 3 N–H and O–H groups in total. The number of hydrogen-bond donors (Lipinski definition) is 2. The van der Waals surface area contributed by atoms with Gasteiger partial charge in [0, 0.05) is 42.9 Å².